The molecular formula is C7H12BrO2-. The Morgan fingerprint density at radius 2 is 2.10 bits per heavy atom. The lowest BCUT2D eigenvalue weighted by Crippen LogP contribution is -2.42. The molecule has 0 aliphatic carbocycles. The predicted octanol–water partition coefficient (Wildman–Crippen LogP) is 1.08. The molecule has 0 spiro atoms. The van der Waals surface area contributed by atoms with Crippen LogP contribution in [0.5, 0.6) is 0 Å². The van der Waals surface area contributed by atoms with E-state index in [1.165, 1.54) is 0 Å². The van der Waals surface area contributed by atoms with E-state index in [0.717, 1.165) is 6.42 Å². The van der Waals surface area contributed by atoms with E-state index in [-0.39, 0.29) is 0 Å². The maximum absolute atomic E-state index is 10.5. The molecule has 0 saturated heterocycles. The highest BCUT2D eigenvalue weighted by Gasteiger charge is 2.24. The van der Waals surface area contributed by atoms with Gasteiger partial charge >= 0.3 is 0 Å². The van der Waals surface area contributed by atoms with Crippen molar-refractivity contribution < 1.29 is 9.90 Å². The second kappa shape index (κ2) is 3.96. The molecule has 3 heteroatoms. The van der Waals surface area contributed by atoms with Crippen molar-refractivity contribution in [2.75, 3.05) is 0 Å². The Labute approximate surface area is 69.8 Å². The van der Waals surface area contributed by atoms with Gasteiger partial charge in [-0.25, -0.2) is 0 Å². The van der Waals surface area contributed by atoms with E-state index >= 15 is 0 Å². The maximum atomic E-state index is 10.5. The molecule has 0 aromatic carbocycles. The topological polar surface area (TPSA) is 40.1 Å². The molecule has 0 amide bonds. The van der Waals surface area contributed by atoms with E-state index in [4.69, 9.17) is 0 Å². The van der Waals surface area contributed by atoms with Crippen LogP contribution in [-0.2, 0) is 4.79 Å². The van der Waals surface area contributed by atoms with Crippen LogP contribution < -0.4 is 5.11 Å². The van der Waals surface area contributed by atoms with E-state index in [9.17, 15) is 9.90 Å². The van der Waals surface area contributed by atoms with Crippen LogP contribution in [0, 0.1) is 0 Å². The van der Waals surface area contributed by atoms with Gasteiger partial charge in [0.05, 0.1) is 10.3 Å². The summed E-state index contributed by atoms with van der Waals surface area (Å²) >= 11 is 3.15. The molecule has 0 fully saturated rings. The van der Waals surface area contributed by atoms with Crippen molar-refractivity contribution in [3.05, 3.63) is 0 Å². The van der Waals surface area contributed by atoms with E-state index in [1.54, 1.807) is 0 Å². The molecule has 2 nitrogen and oxygen atoms in total. The lowest BCUT2D eigenvalue weighted by molar-refractivity contribution is -0.309. The summed E-state index contributed by atoms with van der Waals surface area (Å²) < 4.78 is -0.790. The predicted molar refractivity (Wildman–Crippen MR) is 41.9 cm³/mol. The molecule has 0 saturated carbocycles. The van der Waals surface area contributed by atoms with Crippen LogP contribution in [-0.4, -0.2) is 10.3 Å². The second-order valence-electron chi connectivity index (χ2n) is 2.36. The Morgan fingerprint density at radius 3 is 2.20 bits per heavy atom. The van der Waals surface area contributed by atoms with Crippen molar-refractivity contribution in [2.45, 2.75) is 37.4 Å². The van der Waals surface area contributed by atoms with E-state index in [0.29, 0.717) is 12.8 Å². The van der Waals surface area contributed by atoms with Crippen molar-refractivity contribution in [3.63, 3.8) is 0 Å². The van der Waals surface area contributed by atoms with Crippen molar-refractivity contribution >= 4 is 21.9 Å². The third-order valence-electron chi connectivity index (χ3n) is 1.57. The van der Waals surface area contributed by atoms with Crippen LogP contribution in [0.15, 0.2) is 0 Å². The summed E-state index contributed by atoms with van der Waals surface area (Å²) in [6.45, 7) is 3.79. The Hall–Kier alpha value is -0.0500. The lowest BCUT2D eigenvalue weighted by Gasteiger charge is -2.26. The standard InChI is InChI=1S/C7H13BrO2/c1-3-5-7(8,4-2)6(9)10/h3-5H2,1-2H3,(H,9,10)/p-1. The van der Waals surface area contributed by atoms with Gasteiger partial charge in [-0.15, -0.1) is 0 Å². The molecule has 0 heterocycles. The zero-order valence-electron chi connectivity index (χ0n) is 6.32. The van der Waals surface area contributed by atoms with Gasteiger partial charge in [-0.2, -0.15) is 0 Å². The van der Waals surface area contributed by atoms with E-state index in [1.807, 2.05) is 13.8 Å². The van der Waals surface area contributed by atoms with E-state index < -0.39 is 10.3 Å². The zero-order chi connectivity index (χ0) is 8.20. The number of hydrogen-bond acceptors (Lipinski definition) is 2. The first kappa shape index (κ1) is 9.95. The van der Waals surface area contributed by atoms with Crippen molar-refractivity contribution in [3.8, 4) is 0 Å². The summed E-state index contributed by atoms with van der Waals surface area (Å²) in [7, 11) is 0. The average Bonchev–Trinajstić information content (AvgIpc) is 1.88. The lowest BCUT2D eigenvalue weighted by atomic mass is 10.0. The second-order valence-corrected chi connectivity index (χ2v) is 3.87. The van der Waals surface area contributed by atoms with Crippen molar-refractivity contribution in [1.29, 1.82) is 0 Å². The molecule has 0 N–H and O–H groups in total. The van der Waals surface area contributed by atoms with Gasteiger partial charge < -0.3 is 9.90 Å². The number of aliphatic carboxylic acids is 1. The number of carbonyl (C=O) groups is 1. The van der Waals surface area contributed by atoms with Crippen LogP contribution in [0.3, 0.4) is 0 Å². The minimum atomic E-state index is -1.00. The molecule has 0 rings (SSSR count). The third-order valence-corrected chi connectivity index (χ3v) is 2.85. The number of carboxylic acid groups (broad SMARTS) is 1. The smallest absolute Gasteiger partial charge is 0.0648 e. The average molecular weight is 208 g/mol. The fourth-order valence-electron chi connectivity index (χ4n) is 0.819. The summed E-state index contributed by atoms with van der Waals surface area (Å²) in [6.07, 6.45) is 2.06. The molecule has 60 valence electrons. The van der Waals surface area contributed by atoms with Crippen molar-refractivity contribution in [2.24, 2.45) is 0 Å². The van der Waals surface area contributed by atoms with Crippen LogP contribution in [0.4, 0.5) is 0 Å². The normalized spacial score (nSPS) is 16.3. The van der Waals surface area contributed by atoms with Gasteiger partial charge in [0, 0.05) is 0 Å². The Balaban J connectivity index is 4.08. The first-order valence-corrected chi connectivity index (χ1v) is 4.26. The third kappa shape index (κ3) is 2.29. The number of halogens is 1. The van der Waals surface area contributed by atoms with Gasteiger partial charge in [0.25, 0.3) is 0 Å². The van der Waals surface area contributed by atoms with Gasteiger partial charge in [0.2, 0.25) is 0 Å². The Bertz CT molecular complexity index is 125. The molecule has 10 heavy (non-hydrogen) atoms. The summed E-state index contributed by atoms with van der Waals surface area (Å²) in [6, 6.07) is 0. The number of alkyl halides is 1. The molecule has 0 aliphatic heterocycles. The molecule has 1 unspecified atom stereocenters. The minimum Gasteiger partial charge on any atom is -0.549 e. The van der Waals surface area contributed by atoms with Gasteiger partial charge in [0.15, 0.2) is 0 Å². The summed E-state index contributed by atoms with van der Waals surface area (Å²) in [5.41, 5.74) is 0. The molecule has 0 bridgehead atoms. The highest BCUT2D eigenvalue weighted by Crippen LogP contribution is 2.26. The SMILES string of the molecule is CCCC(Br)(CC)C(=O)[O-]. The number of carbonyl (C=O) groups excluding carboxylic acids is 1. The highest BCUT2D eigenvalue weighted by atomic mass is 79.9. The summed E-state index contributed by atoms with van der Waals surface area (Å²) in [4.78, 5) is 10.5. The molecule has 0 aromatic heterocycles. The van der Waals surface area contributed by atoms with Crippen LogP contribution in [0.2, 0.25) is 0 Å². The zero-order valence-corrected chi connectivity index (χ0v) is 7.90. The summed E-state index contributed by atoms with van der Waals surface area (Å²) in [5.74, 6) is -1.00. The van der Waals surface area contributed by atoms with Gasteiger partial charge in [-0.05, 0) is 12.8 Å². The Morgan fingerprint density at radius 1 is 1.60 bits per heavy atom. The van der Waals surface area contributed by atoms with Gasteiger partial charge in [-0.1, -0.05) is 36.2 Å². The quantitative estimate of drug-likeness (QED) is 0.648. The van der Waals surface area contributed by atoms with Crippen LogP contribution in [0.1, 0.15) is 33.1 Å². The van der Waals surface area contributed by atoms with E-state index in [2.05, 4.69) is 15.9 Å². The minimum absolute atomic E-state index is 0.573. The monoisotopic (exact) mass is 207 g/mol. The largest absolute Gasteiger partial charge is 0.549 e. The van der Waals surface area contributed by atoms with Crippen molar-refractivity contribution in [1.82, 2.24) is 0 Å². The first-order valence-electron chi connectivity index (χ1n) is 3.47. The maximum Gasteiger partial charge on any atom is 0.0648 e. The summed E-state index contributed by atoms with van der Waals surface area (Å²) in [5, 5.41) is 10.5. The van der Waals surface area contributed by atoms with Gasteiger partial charge in [-0.3, -0.25) is 0 Å². The molecule has 0 aliphatic rings. The Kier molecular flexibility index (Phi) is 3.94. The fourth-order valence-corrected chi connectivity index (χ4v) is 1.22. The number of hydrogen-bond donors (Lipinski definition) is 0. The highest BCUT2D eigenvalue weighted by molar-refractivity contribution is 9.10. The fraction of sp³-hybridized carbons (Fsp3) is 0.857. The van der Waals surface area contributed by atoms with Crippen LogP contribution >= 0.6 is 15.9 Å². The molecule has 0 aromatic rings. The molecule has 0 radical (unpaired) electrons. The van der Waals surface area contributed by atoms with Gasteiger partial charge in [0.1, 0.15) is 0 Å². The number of carboxylic acids is 1. The first-order chi connectivity index (χ1) is 4.56. The molecular weight excluding hydrogens is 196 g/mol. The molecule has 1 atom stereocenters. The van der Waals surface area contributed by atoms with Crippen LogP contribution in [0.25, 0.3) is 0 Å². The number of rotatable bonds is 4.